The molecule has 7 heteroatoms. The molecule has 1 fully saturated rings. The molecular weight excluding hydrogens is 332 g/mol. The van der Waals surface area contributed by atoms with Crippen molar-refractivity contribution in [3.63, 3.8) is 0 Å². The molecule has 1 amide bonds. The number of hydrogen-bond donors (Lipinski definition) is 0. The van der Waals surface area contributed by atoms with E-state index in [1.165, 1.54) is 5.56 Å². The van der Waals surface area contributed by atoms with E-state index in [1.54, 1.807) is 13.2 Å². The van der Waals surface area contributed by atoms with Gasteiger partial charge in [-0.3, -0.25) is 4.79 Å². The van der Waals surface area contributed by atoms with Gasteiger partial charge in [0, 0.05) is 58.2 Å². The highest BCUT2D eigenvalue weighted by Crippen LogP contribution is 2.28. The molecule has 1 aliphatic rings. The fourth-order valence-corrected chi connectivity index (χ4v) is 3.30. The van der Waals surface area contributed by atoms with Crippen LogP contribution in [0.3, 0.4) is 0 Å². The molecule has 1 aliphatic heterocycles. The van der Waals surface area contributed by atoms with E-state index in [4.69, 9.17) is 9.26 Å². The number of likely N-dealkylation sites (tertiary alicyclic amines) is 1. The van der Waals surface area contributed by atoms with Crippen LogP contribution in [0.5, 0.6) is 5.88 Å². The fourth-order valence-electron chi connectivity index (χ4n) is 3.30. The summed E-state index contributed by atoms with van der Waals surface area (Å²) in [6.07, 6.45) is 4.93. The highest BCUT2D eigenvalue weighted by atomic mass is 16.5. The van der Waals surface area contributed by atoms with E-state index < -0.39 is 0 Å². The number of methoxy groups -OCH3 is 1. The van der Waals surface area contributed by atoms with Crippen molar-refractivity contribution < 1.29 is 14.1 Å². The van der Waals surface area contributed by atoms with Crippen LogP contribution in [0.15, 0.2) is 28.9 Å². The van der Waals surface area contributed by atoms with E-state index in [-0.39, 0.29) is 5.91 Å². The summed E-state index contributed by atoms with van der Waals surface area (Å²) < 4.78 is 10.2. The minimum absolute atomic E-state index is 0.159. The summed E-state index contributed by atoms with van der Waals surface area (Å²) in [4.78, 5) is 21.0. The van der Waals surface area contributed by atoms with Crippen LogP contribution >= 0.6 is 0 Å². The maximum Gasteiger partial charge on any atom is 0.254 e. The van der Waals surface area contributed by atoms with Crippen LogP contribution in [0.4, 0.5) is 5.82 Å². The molecule has 2 aromatic heterocycles. The Bertz CT molecular complexity index is 744. The van der Waals surface area contributed by atoms with Crippen molar-refractivity contribution in [3.05, 3.63) is 35.7 Å². The largest absolute Gasteiger partial charge is 0.479 e. The number of hydrogen-bond acceptors (Lipinski definition) is 6. The zero-order valence-electron chi connectivity index (χ0n) is 15.6. The van der Waals surface area contributed by atoms with Crippen LogP contribution in [0.2, 0.25) is 0 Å². The molecule has 0 radical (unpaired) electrons. The average molecular weight is 358 g/mol. The van der Waals surface area contributed by atoms with Crippen LogP contribution in [0, 0.1) is 0 Å². The quantitative estimate of drug-likeness (QED) is 0.790. The Labute approximate surface area is 153 Å². The molecular formula is C19H26N4O3. The van der Waals surface area contributed by atoms with Crippen molar-refractivity contribution in [3.8, 4) is 5.88 Å². The molecule has 0 spiro atoms. The number of carbonyl (C=O) groups excluding carboxylic acids is 1. The van der Waals surface area contributed by atoms with Crippen molar-refractivity contribution in [2.24, 2.45) is 0 Å². The van der Waals surface area contributed by atoms with E-state index in [0.29, 0.717) is 30.4 Å². The van der Waals surface area contributed by atoms with Crippen molar-refractivity contribution in [2.45, 2.75) is 31.6 Å². The van der Waals surface area contributed by atoms with Crippen LogP contribution in [-0.2, 0) is 11.2 Å². The first-order chi connectivity index (χ1) is 12.6. The molecule has 3 heterocycles. The van der Waals surface area contributed by atoms with Crippen molar-refractivity contribution in [1.29, 1.82) is 0 Å². The second-order valence-electron chi connectivity index (χ2n) is 6.86. The van der Waals surface area contributed by atoms with Gasteiger partial charge in [-0.25, -0.2) is 4.98 Å². The van der Waals surface area contributed by atoms with E-state index in [9.17, 15) is 4.79 Å². The molecule has 0 aliphatic carbocycles. The van der Waals surface area contributed by atoms with Gasteiger partial charge in [-0.1, -0.05) is 0 Å². The molecule has 0 aromatic carbocycles. The van der Waals surface area contributed by atoms with E-state index in [2.05, 4.69) is 22.3 Å². The Hall–Kier alpha value is -2.57. The first kappa shape index (κ1) is 18.2. The second-order valence-corrected chi connectivity index (χ2v) is 6.86. The predicted molar refractivity (Wildman–Crippen MR) is 98.5 cm³/mol. The lowest BCUT2D eigenvalue weighted by Gasteiger charge is -2.33. The number of nitrogens with zero attached hydrogens (tertiary/aromatic N) is 4. The highest BCUT2D eigenvalue weighted by Gasteiger charge is 2.25. The number of anilines is 1. The minimum Gasteiger partial charge on any atom is -0.479 e. The fraction of sp³-hybridized carbons (Fsp3) is 0.526. The molecule has 3 rings (SSSR count). The van der Waals surface area contributed by atoms with Gasteiger partial charge in [0.15, 0.2) is 0 Å². The lowest BCUT2D eigenvalue weighted by atomic mass is 9.91. The van der Waals surface area contributed by atoms with Gasteiger partial charge < -0.3 is 19.1 Å². The molecule has 1 atom stereocenters. The van der Waals surface area contributed by atoms with E-state index in [0.717, 1.165) is 31.7 Å². The first-order valence-electron chi connectivity index (χ1n) is 8.97. The third-order valence-electron chi connectivity index (χ3n) is 4.80. The average Bonchev–Trinajstić information content (AvgIpc) is 3.14. The zero-order valence-corrected chi connectivity index (χ0v) is 15.6. The van der Waals surface area contributed by atoms with Crippen LogP contribution in [0.25, 0.3) is 0 Å². The summed E-state index contributed by atoms with van der Waals surface area (Å²) in [5, 5.41) is 3.77. The van der Waals surface area contributed by atoms with Gasteiger partial charge in [0.05, 0.1) is 7.11 Å². The van der Waals surface area contributed by atoms with Gasteiger partial charge >= 0.3 is 0 Å². The molecule has 0 bridgehead atoms. The summed E-state index contributed by atoms with van der Waals surface area (Å²) in [5.41, 5.74) is 1.25. The minimum atomic E-state index is 0.159. The molecule has 7 nitrogen and oxygen atoms in total. The standard InChI is InChI=1S/C19H26N4O3/c1-22(2)17-11-14(8-9-20-17)15-5-4-10-23(13-15)19(24)7-6-16-12-18(25-3)21-26-16/h8-9,11-12,15H,4-7,10,13H2,1-3H3/t15-/m1/s1. The number of piperidine rings is 1. The van der Waals surface area contributed by atoms with Crippen LogP contribution < -0.4 is 9.64 Å². The summed E-state index contributed by atoms with van der Waals surface area (Å²) in [6, 6.07) is 5.91. The van der Waals surface area contributed by atoms with Gasteiger partial charge in [0.25, 0.3) is 5.88 Å². The lowest BCUT2D eigenvalue weighted by molar-refractivity contribution is -0.132. The zero-order chi connectivity index (χ0) is 18.5. The van der Waals surface area contributed by atoms with Crippen molar-refractivity contribution >= 4 is 11.7 Å². The van der Waals surface area contributed by atoms with Crippen molar-refractivity contribution in [1.82, 2.24) is 15.0 Å². The number of aryl methyl sites for hydroxylation is 1. The molecule has 26 heavy (non-hydrogen) atoms. The Morgan fingerprint density at radius 1 is 1.42 bits per heavy atom. The van der Waals surface area contributed by atoms with Crippen LogP contribution in [0.1, 0.15) is 36.5 Å². The Morgan fingerprint density at radius 2 is 2.27 bits per heavy atom. The summed E-state index contributed by atoms with van der Waals surface area (Å²) >= 11 is 0. The Kier molecular flexibility index (Phi) is 5.75. The predicted octanol–water partition coefficient (Wildman–Crippen LogP) is 2.48. The smallest absolute Gasteiger partial charge is 0.254 e. The second kappa shape index (κ2) is 8.21. The number of amides is 1. The van der Waals surface area contributed by atoms with Crippen molar-refractivity contribution in [2.75, 3.05) is 39.2 Å². The Morgan fingerprint density at radius 3 is 3.00 bits per heavy atom. The third kappa shape index (κ3) is 4.33. The number of ether oxygens (including phenoxy) is 1. The van der Waals surface area contributed by atoms with Gasteiger partial charge in [-0.2, -0.15) is 0 Å². The summed E-state index contributed by atoms with van der Waals surface area (Å²) in [6.45, 7) is 1.58. The van der Waals surface area contributed by atoms with E-state index >= 15 is 0 Å². The Balaban J connectivity index is 1.58. The lowest BCUT2D eigenvalue weighted by Crippen LogP contribution is -2.39. The van der Waals surface area contributed by atoms with Crippen LogP contribution in [-0.4, -0.2) is 55.2 Å². The SMILES string of the molecule is COc1cc(CCC(=O)N2CCC[C@@H](c3ccnc(N(C)C)c3)C2)on1. The molecule has 0 saturated carbocycles. The van der Waals surface area contributed by atoms with E-state index in [1.807, 2.05) is 30.1 Å². The number of carbonyl (C=O) groups is 1. The molecule has 140 valence electrons. The van der Waals surface area contributed by atoms with Gasteiger partial charge in [0.1, 0.15) is 11.6 Å². The molecule has 1 saturated heterocycles. The monoisotopic (exact) mass is 358 g/mol. The number of aromatic nitrogens is 2. The topological polar surface area (TPSA) is 71.7 Å². The molecule has 0 N–H and O–H groups in total. The summed E-state index contributed by atoms with van der Waals surface area (Å²) in [7, 11) is 5.52. The maximum atomic E-state index is 12.6. The maximum absolute atomic E-state index is 12.6. The molecule has 2 aromatic rings. The molecule has 0 unspecified atom stereocenters. The van der Waals surface area contributed by atoms with Gasteiger partial charge in [0.2, 0.25) is 5.91 Å². The number of pyridine rings is 1. The van der Waals surface area contributed by atoms with Gasteiger partial charge in [-0.05, 0) is 35.7 Å². The first-order valence-corrected chi connectivity index (χ1v) is 8.97. The van der Waals surface area contributed by atoms with Gasteiger partial charge in [-0.15, -0.1) is 0 Å². The summed E-state index contributed by atoms with van der Waals surface area (Å²) in [5.74, 6) is 2.59. The number of rotatable bonds is 6. The highest BCUT2D eigenvalue weighted by molar-refractivity contribution is 5.76. The third-order valence-corrected chi connectivity index (χ3v) is 4.80. The normalized spacial score (nSPS) is 17.2.